The van der Waals surface area contributed by atoms with Gasteiger partial charge in [0.25, 0.3) is 0 Å². The molecule has 4 bridgehead atoms. The fourth-order valence-corrected chi connectivity index (χ4v) is 12.1. The highest BCUT2D eigenvalue weighted by molar-refractivity contribution is 7.99. The summed E-state index contributed by atoms with van der Waals surface area (Å²) in [6.45, 7) is 12.3. The number of hydrogen-bond acceptors (Lipinski definition) is 18. The quantitative estimate of drug-likeness (QED) is 0.121. The lowest BCUT2D eigenvalue weighted by Gasteiger charge is -2.62. The molecule has 1 unspecified atom stereocenters. The third kappa shape index (κ3) is 6.71. The van der Waals surface area contributed by atoms with Crippen LogP contribution >= 0.6 is 11.8 Å². The van der Waals surface area contributed by atoms with Crippen molar-refractivity contribution in [2.75, 3.05) is 47.0 Å². The van der Waals surface area contributed by atoms with Gasteiger partial charge in [0.2, 0.25) is 6.79 Å². The Balaban J connectivity index is 1.26. The number of aromatic hydroxyl groups is 1. The number of aliphatic hydroxyl groups excluding tert-OH is 1. The van der Waals surface area contributed by atoms with Crippen molar-refractivity contribution in [3.05, 3.63) is 75.5 Å². The number of likely N-dealkylation sites (N-methyl/N-ethyl adjacent to an activating group) is 1. The Bertz CT molecular complexity index is 2440. The first-order chi connectivity index (χ1) is 30.0. The molecule has 63 heavy (non-hydrogen) atoms. The third-order valence-electron chi connectivity index (χ3n) is 13.0. The zero-order valence-electron chi connectivity index (χ0n) is 36.3. The van der Waals surface area contributed by atoms with Gasteiger partial charge in [-0.15, -0.1) is 11.8 Å². The molecular formula is C45H51N3O14S. The number of phenols is 1. The minimum Gasteiger partial charge on any atom is -0.504 e. The van der Waals surface area contributed by atoms with Crippen molar-refractivity contribution in [2.45, 2.75) is 94.2 Å². The maximum absolute atomic E-state index is 15.0. The van der Waals surface area contributed by atoms with Crippen molar-refractivity contribution in [1.82, 2.24) is 15.1 Å². The second-order valence-corrected chi connectivity index (χ2v) is 18.6. The molecule has 17 nitrogen and oxygen atoms in total. The minimum atomic E-state index is -1.48. The number of rotatable bonds is 5. The van der Waals surface area contributed by atoms with Crippen LogP contribution in [0, 0.1) is 13.8 Å². The first kappa shape index (κ1) is 42.9. The van der Waals surface area contributed by atoms with Crippen LogP contribution < -0.4 is 33.7 Å². The van der Waals surface area contributed by atoms with Crippen LogP contribution in [0.25, 0.3) is 0 Å². The Kier molecular flexibility index (Phi) is 10.7. The minimum absolute atomic E-state index is 0.00694. The predicted octanol–water partition coefficient (Wildman–Crippen LogP) is 5.76. The van der Waals surface area contributed by atoms with Gasteiger partial charge in [-0.2, -0.15) is 0 Å². The number of piperazine rings is 1. The first-order valence-corrected chi connectivity index (χ1v) is 21.8. The standard InChI is InChI=1S/C45H51N3O14S/c1-10-56-42(52)61-36-21(3)37-38(59-19-58-37)30-26-17-57-41(51)45(24-16-27(54-8)28(15-22(24)11-12-46-45)60-43(53)62-44(4,5)6)18-63-39(31(30)36)33-32-29-23(13-20(2)35(55-9)34(29)49)14-25(47(32)7)40(50)48(26)33/h10,13,15-16,25-26,32-33,39-40,46,49-50H,1,11-12,14,17-19H2,2-9H3/t25-,26-,32+,33?,39+,40-,45+/m0/s1. The number of nitrogens with one attached hydrogen (secondary N) is 1. The monoisotopic (exact) mass is 889 g/mol. The van der Waals surface area contributed by atoms with Crippen molar-refractivity contribution in [2.24, 2.45) is 0 Å². The number of hydrogen-bond donors (Lipinski definition) is 3. The Hall–Kier alpha value is -5.40. The van der Waals surface area contributed by atoms with Crippen molar-refractivity contribution in [3.8, 4) is 40.2 Å². The number of carbonyl (C=O) groups is 3. The molecule has 10 rings (SSSR count). The van der Waals surface area contributed by atoms with E-state index in [-0.39, 0.29) is 42.2 Å². The zero-order valence-corrected chi connectivity index (χ0v) is 37.1. The summed E-state index contributed by atoms with van der Waals surface area (Å²) in [4.78, 5) is 45.2. The number of aryl methyl sites for hydroxylation is 1. The van der Waals surface area contributed by atoms with Crippen LogP contribution in [0.15, 0.2) is 31.0 Å². The average molecular weight is 890 g/mol. The second kappa shape index (κ2) is 15.7. The summed E-state index contributed by atoms with van der Waals surface area (Å²) in [6, 6.07) is 2.79. The lowest BCUT2D eigenvalue weighted by molar-refractivity contribution is -0.186. The number of benzene rings is 3. The molecule has 0 amide bonds. The van der Waals surface area contributed by atoms with Crippen LogP contribution in [0.4, 0.5) is 9.59 Å². The number of thioether (sulfide) groups is 1. The molecule has 1 spiro atoms. The maximum Gasteiger partial charge on any atom is 0.518 e. The van der Waals surface area contributed by atoms with E-state index in [0.717, 1.165) is 23.0 Å². The van der Waals surface area contributed by atoms with Gasteiger partial charge < -0.3 is 52.8 Å². The molecule has 0 saturated carbocycles. The van der Waals surface area contributed by atoms with Crippen molar-refractivity contribution >= 4 is 30.0 Å². The van der Waals surface area contributed by atoms with E-state index in [4.69, 9.17) is 42.6 Å². The zero-order chi connectivity index (χ0) is 44.9. The highest BCUT2D eigenvalue weighted by Gasteiger charge is 2.61. The van der Waals surface area contributed by atoms with E-state index in [1.165, 1.54) is 26.0 Å². The van der Waals surface area contributed by atoms with Crippen LogP contribution in [0.5, 0.6) is 40.2 Å². The van der Waals surface area contributed by atoms with Crippen molar-refractivity contribution in [1.29, 1.82) is 0 Å². The number of aliphatic hydroxyl groups is 1. The Morgan fingerprint density at radius 2 is 1.75 bits per heavy atom. The number of phenolic OH excluding ortho intramolecular Hbond substituents is 1. The molecule has 3 aromatic rings. The molecule has 2 saturated heterocycles. The Morgan fingerprint density at radius 3 is 2.46 bits per heavy atom. The van der Waals surface area contributed by atoms with Gasteiger partial charge in [0.15, 0.2) is 40.0 Å². The van der Waals surface area contributed by atoms with E-state index >= 15 is 4.79 Å². The summed E-state index contributed by atoms with van der Waals surface area (Å²) in [5.74, 6) is 0.999. The molecule has 336 valence electrons. The summed E-state index contributed by atoms with van der Waals surface area (Å²) in [6.07, 6.45) is -1.21. The lowest BCUT2D eigenvalue weighted by atomic mass is 9.73. The SMILES string of the molecule is C=COC(=O)Oc1c(C)c2c(c3c1[C@H]1SC[C@]4(NCCc5cc(OC(=O)OC(C)(C)C)c(OC)cc54)C(=O)OC[C@@H]3N3C1[C@H]1c4c(cc(C)c(OC)c4O)C[C@@H]([C@@H]3O)N1C)OCO2. The molecule has 7 atom stereocenters. The molecule has 0 aliphatic carbocycles. The van der Waals surface area contributed by atoms with Crippen molar-refractivity contribution < 1.29 is 67.2 Å². The fourth-order valence-electron chi connectivity index (χ4n) is 10.5. The van der Waals surface area contributed by atoms with Gasteiger partial charge in [0.05, 0.1) is 43.9 Å². The van der Waals surface area contributed by atoms with Crippen molar-refractivity contribution in [3.63, 3.8) is 0 Å². The summed E-state index contributed by atoms with van der Waals surface area (Å²) < 4.78 is 52.5. The average Bonchev–Trinajstić information content (AvgIpc) is 3.72. The summed E-state index contributed by atoms with van der Waals surface area (Å²) in [5.41, 5.74) is 2.80. The normalized spacial score (nSPS) is 26.9. The predicted molar refractivity (Wildman–Crippen MR) is 226 cm³/mol. The van der Waals surface area contributed by atoms with Crippen LogP contribution in [0.2, 0.25) is 0 Å². The van der Waals surface area contributed by atoms with E-state index in [0.29, 0.717) is 64.5 Å². The summed E-state index contributed by atoms with van der Waals surface area (Å²) >= 11 is 1.39. The van der Waals surface area contributed by atoms with E-state index < -0.39 is 65.1 Å². The van der Waals surface area contributed by atoms with Gasteiger partial charge in [0.1, 0.15) is 24.2 Å². The van der Waals surface area contributed by atoms with Crippen LogP contribution in [0.3, 0.4) is 0 Å². The second-order valence-electron chi connectivity index (χ2n) is 17.5. The highest BCUT2D eigenvalue weighted by atomic mass is 32.2. The summed E-state index contributed by atoms with van der Waals surface area (Å²) in [7, 11) is 4.88. The number of fused-ring (bicyclic) bond motifs is 9. The van der Waals surface area contributed by atoms with E-state index in [2.05, 4.69) is 16.8 Å². The van der Waals surface area contributed by atoms with Gasteiger partial charge >= 0.3 is 18.3 Å². The smallest absolute Gasteiger partial charge is 0.504 e. The molecule has 0 aromatic heterocycles. The largest absolute Gasteiger partial charge is 0.518 e. The Morgan fingerprint density at radius 1 is 0.984 bits per heavy atom. The van der Waals surface area contributed by atoms with Gasteiger partial charge in [0, 0.05) is 40.6 Å². The van der Waals surface area contributed by atoms with Crippen LogP contribution in [0.1, 0.15) is 82.6 Å². The topological polar surface area (TPSA) is 193 Å². The van der Waals surface area contributed by atoms with E-state index in [9.17, 15) is 19.8 Å². The molecule has 2 fully saturated rings. The molecule has 7 aliphatic rings. The number of esters is 1. The molecule has 3 N–H and O–H groups in total. The number of nitrogens with zero attached hydrogens (tertiary/aromatic N) is 2. The van der Waals surface area contributed by atoms with Crippen LogP contribution in [-0.4, -0.2) is 109 Å². The summed E-state index contributed by atoms with van der Waals surface area (Å²) in [5, 5.41) is 27.6. The highest BCUT2D eigenvalue weighted by Crippen LogP contribution is 2.64. The number of ether oxygens (including phenoxy) is 9. The van der Waals surface area contributed by atoms with E-state index in [1.54, 1.807) is 39.8 Å². The van der Waals surface area contributed by atoms with Crippen LogP contribution in [-0.2, 0) is 37.4 Å². The molecule has 7 aliphatic heterocycles. The number of methoxy groups -OCH3 is 2. The molecule has 18 heteroatoms. The molecule has 3 aromatic carbocycles. The van der Waals surface area contributed by atoms with E-state index in [1.807, 2.05) is 24.9 Å². The number of carbonyl (C=O) groups excluding carboxylic acids is 3. The van der Waals surface area contributed by atoms with Gasteiger partial charge in [-0.05, 0) is 88.9 Å². The Labute approximate surface area is 368 Å². The first-order valence-electron chi connectivity index (χ1n) is 20.7. The molecule has 7 heterocycles. The maximum atomic E-state index is 15.0. The van der Waals surface area contributed by atoms with Gasteiger partial charge in [-0.3, -0.25) is 15.1 Å². The fraction of sp³-hybridized carbons (Fsp3) is 0.489. The third-order valence-corrected chi connectivity index (χ3v) is 14.4. The lowest BCUT2D eigenvalue weighted by Crippen LogP contribution is -2.70. The van der Waals surface area contributed by atoms with Gasteiger partial charge in [-0.1, -0.05) is 12.6 Å². The molecular weight excluding hydrogens is 839 g/mol. The molecule has 0 radical (unpaired) electrons. The van der Waals surface area contributed by atoms with Gasteiger partial charge in [-0.25, -0.2) is 14.4 Å².